The molecule has 0 radical (unpaired) electrons. The van der Waals surface area contributed by atoms with Crippen LogP contribution >= 0.6 is 0 Å². The van der Waals surface area contributed by atoms with E-state index >= 15 is 0 Å². The summed E-state index contributed by atoms with van der Waals surface area (Å²) in [6, 6.07) is 9.32. The lowest BCUT2D eigenvalue weighted by molar-refractivity contribution is 0.0207. The predicted octanol–water partition coefficient (Wildman–Crippen LogP) is 4.20. The summed E-state index contributed by atoms with van der Waals surface area (Å²) in [6.45, 7) is 10.0. The fourth-order valence-electron chi connectivity index (χ4n) is 3.56. The molecule has 1 aliphatic heterocycles. The van der Waals surface area contributed by atoms with Gasteiger partial charge in [-0.05, 0) is 50.7 Å². The molecule has 1 aliphatic rings. The molecule has 3 heteroatoms. The molecule has 1 N–H and O–H groups in total. The molecule has 1 aromatic carbocycles. The summed E-state index contributed by atoms with van der Waals surface area (Å²) >= 11 is 0. The maximum atomic E-state index is 10.4. The third-order valence-corrected chi connectivity index (χ3v) is 5.29. The van der Waals surface area contributed by atoms with Crippen LogP contribution in [0.1, 0.15) is 64.9 Å². The number of ether oxygens (including phenoxy) is 1. The van der Waals surface area contributed by atoms with Crippen molar-refractivity contribution in [1.29, 1.82) is 0 Å². The summed E-state index contributed by atoms with van der Waals surface area (Å²) in [5.74, 6) is 1.39. The van der Waals surface area contributed by atoms with Crippen LogP contribution in [-0.4, -0.2) is 41.3 Å². The number of aliphatic hydroxyl groups is 1. The lowest BCUT2D eigenvalue weighted by atomic mass is 9.97. The van der Waals surface area contributed by atoms with Gasteiger partial charge in [-0.3, -0.25) is 4.90 Å². The van der Waals surface area contributed by atoms with Crippen LogP contribution in [0.5, 0.6) is 5.75 Å². The van der Waals surface area contributed by atoms with Gasteiger partial charge in [0.25, 0.3) is 0 Å². The van der Waals surface area contributed by atoms with Gasteiger partial charge < -0.3 is 9.84 Å². The van der Waals surface area contributed by atoms with Gasteiger partial charge in [0, 0.05) is 18.6 Å². The van der Waals surface area contributed by atoms with Crippen molar-refractivity contribution in [2.24, 2.45) is 0 Å². The normalized spacial score (nSPS) is 25.1. The minimum absolute atomic E-state index is 0.364. The second-order valence-electron chi connectivity index (χ2n) is 7.14. The van der Waals surface area contributed by atoms with Crippen molar-refractivity contribution < 1.29 is 9.84 Å². The van der Waals surface area contributed by atoms with E-state index in [0.29, 0.717) is 31.2 Å². The van der Waals surface area contributed by atoms with E-state index in [1.165, 1.54) is 24.8 Å². The summed E-state index contributed by atoms with van der Waals surface area (Å²) in [5, 5.41) is 10.4. The lowest BCUT2D eigenvalue weighted by Crippen LogP contribution is -2.48. The molecule has 0 bridgehead atoms. The van der Waals surface area contributed by atoms with Crippen molar-refractivity contribution in [3.8, 4) is 5.75 Å². The molecule has 4 atom stereocenters. The number of hydrogen-bond acceptors (Lipinski definition) is 3. The van der Waals surface area contributed by atoms with Gasteiger partial charge in [0.15, 0.2) is 0 Å². The van der Waals surface area contributed by atoms with Gasteiger partial charge in [0.2, 0.25) is 0 Å². The molecule has 1 heterocycles. The first kappa shape index (κ1) is 18.3. The van der Waals surface area contributed by atoms with E-state index in [1.54, 1.807) is 0 Å². The van der Waals surface area contributed by atoms with E-state index in [2.05, 4.69) is 44.7 Å². The Hall–Kier alpha value is -1.06. The summed E-state index contributed by atoms with van der Waals surface area (Å²) < 4.78 is 5.96. The number of rotatable bonds is 7. The van der Waals surface area contributed by atoms with Crippen molar-refractivity contribution in [1.82, 2.24) is 4.90 Å². The van der Waals surface area contributed by atoms with Gasteiger partial charge in [0.1, 0.15) is 18.5 Å². The van der Waals surface area contributed by atoms with Gasteiger partial charge in [-0.15, -0.1) is 0 Å². The van der Waals surface area contributed by atoms with Crippen molar-refractivity contribution in [2.45, 2.75) is 77.5 Å². The average Bonchev–Trinajstić information content (AvgIpc) is 2.56. The maximum absolute atomic E-state index is 10.4. The molecule has 1 saturated heterocycles. The highest BCUT2D eigenvalue weighted by Crippen LogP contribution is 2.28. The number of β-amino-alcohol motifs (C(OH)–C–C–N with tert-alkyl or cyclic N) is 1. The highest BCUT2D eigenvalue weighted by Gasteiger charge is 2.26. The molecule has 0 aliphatic carbocycles. The molecule has 23 heavy (non-hydrogen) atoms. The van der Waals surface area contributed by atoms with Crippen LogP contribution in [0.15, 0.2) is 24.3 Å². The molecule has 130 valence electrons. The fourth-order valence-corrected chi connectivity index (χ4v) is 3.56. The molecule has 1 aromatic rings. The molecular formula is C20H33NO2. The first-order valence-corrected chi connectivity index (χ1v) is 9.18. The zero-order valence-corrected chi connectivity index (χ0v) is 15.2. The van der Waals surface area contributed by atoms with Crippen LogP contribution in [-0.2, 0) is 0 Å². The molecular weight excluding hydrogens is 286 g/mol. The molecule has 0 unspecified atom stereocenters. The van der Waals surface area contributed by atoms with Crippen LogP contribution < -0.4 is 4.74 Å². The maximum Gasteiger partial charge on any atom is 0.122 e. The molecule has 0 spiro atoms. The van der Waals surface area contributed by atoms with E-state index in [4.69, 9.17) is 4.74 Å². The average molecular weight is 319 g/mol. The van der Waals surface area contributed by atoms with Crippen molar-refractivity contribution in [3.05, 3.63) is 29.8 Å². The van der Waals surface area contributed by atoms with Crippen molar-refractivity contribution in [3.63, 3.8) is 0 Å². The highest BCUT2D eigenvalue weighted by atomic mass is 16.5. The zero-order chi connectivity index (χ0) is 16.8. The minimum Gasteiger partial charge on any atom is -0.491 e. The summed E-state index contributed by atoms with van der Waals surface area (Å²) in [4.78, 5) is 2.43. The largest absolute Gasteiger partial charge is 0.491 e. The molecule has 0 aromatic heterocycles. The fraction of sp³-hybridized carbons (Fsp3) is 0.700. The first-order chi connectivity index (χ1) is 11.0. The Kier molecular flexibility index (Phi) is 6.91. The number of benzene rings is 1. The third-order valence-electron chi connectivity index (χ3n) is 5.29. The van der Waals surface area contributed by atoms with E-state index in [0.717, 1.165) is 12.2 Å². The van der Waals surface area contributed by atoms with Gasteiger partial charge >= 0.3 is 0 Å². The lowest BCUT2D eigenvalue weighted by Gasteiger charge is -2.40. The summed E-state index contributed by atoms with van der Waals surface area (Å²) in [6.07, 6.45) is 4.41. The third kappa shape index (κ3) is 4.95. The van der Waals surface area contributed by atoms with E-state index in [9.17, 15) is 5.11 Å². The Morgan fingerprint density at radius 2 is 1.87 bits per heavy atom. The monoisotopic (exact) mass is 319 g/mol. The van der Waals surface area contributed by atoms with E-state index in [1.807, 2.05) is 12.1 Å². The van der Waals surface area contributed by atoms with Gasteiger partial charge in [-0.25, -0.2) is 0 Å². The van der Waals surface area contributed by atoms with Gasteiger partial charge in [0.05, 0.1) is 0 Å². The standard InChI is InChI=1S/C20H33NO2/c1-5-15(2)19-11-6-7-12-20(19)23-14-18(22)13-21-16(3)9-8-10-17(21)4/h6-7,11-12,15-18,22H,5,8-10,13-14H2,1-4H3/t15-,16+,17+,18+/m0/s1. The molecule has 2 rings (SSSR count). The van der Waals surface area contributed by atoms with Gasteiger partial charge in [-0.2, -0.15) is 0 Å². The molecule has 3 nitrogen and oxygen atoms in total. The Morgan fingerprint density at radius 3 is 2.52 bits per heavy atom. The number of piperidine rings is 1. The van der Waals surface area contributed by atoms with Gasteiger partial charge in [-0.1, -0.05) is 38.5 Å². The second-order valence-corrected chi connectivity index (χ2v) is 7.14. The Morgan fingerprint density at radius 1 is 1.22 bits per heavy atom. The number of aliphatic hydroxyl groups excluding tert-OH is 1. The SMILES string of the molecule is CC[C@H](C)c1ccccc1OC[C@H](O)CN1[C@H](C)CCC[C@H]1C. The molecule has 1 fully saturated rings. The number of likely N-dealkylation sites (tertiary alicyclic amines) is 1. The van der Waals surface area contributed by atoms with Crippen molar-refractivity contribution in [2.75, 3.05) is 13.2 Å². The van der Waals surface area contributed by atoms with Crippen LogP contribution in [0, 0.1) is 0 Å². The summed E-state index contributed by atoms with van der Waals surface area (Å²) in [7, 11) is 0. The molecule has 0 saturated carbocycles. The van der Waals surface area contributed by atoms with Crippen LogP contribution in [0.2, 0.25) is 0 Å². The van der Waals surface area contributed by atoms with Crippen LogP contribution in [0.3, 0.4) is 0 Å². The Bertz CT molecular complexity index is 466. The zero-order valence-electron chi connectivity index (χ0n) is 15.2. The van der Waals surface area contributed by atoms with E-state index in [-0.39, 0.29) is 0 Å². The quantitative estimate of drug-likeness (QED) is 0.817. The summed E-state index contributed by atoms with van der Waals surface area (Å²) in [5.41, 5.74) is 1.24. The second kappa shape index (κ2) is 8.70. The smallest absolute Gasteiger partial charge is 0.122 e. The van der Waals surface area contributed by atoms with Crippen LogP contribution in [0.25, 0.3) is 0 Å². The Labute approximate surface area is 141 Å². The topological polar surface area (TPSA) is 32.7 Å². The number of para-hydroxylation sites is 1. The molecule has 0 amide bonds. The first-order valence-electron chi connectivity index (χ1n) is 9.18. The highest BCUT2D eigenvalue weighted by molar-refractivity contribution is 5.35. The number of hydrogen-bond donors (Lipinski definition) is 1. The minimum atomic E-state index is -0.442. The van der Waals surface area contributed by atoms with Crippen LogP contribution in [0.4, 0.5) is 0 Å². The van der Waals surface area contributed by atoms with E-state index < -0.39 is 6.10 Å². The number of nitrogens with zero attached hydrogens (tertiary/aromatic N) is 1. The Balaban J connectivity index is 1.90. The van der Waals surface area contributed by atoms with Crippen molar-refractivity contribution >= 4 is 0 Å². The predicted molar refractivity (Wildman–Crippen MR) is 96.1 cm³/mol.